The van der Waals surface area contributed by atoms with Crippen LogP contribution in [0.15, 0.2) is 24.5 Å². The van der Waals surface area contributed by atoms with Gasteiger partial charge in [0.15, 0.2) is 0 Å². The monoisotopic (exact) mass is 215 g/mol. The van der Waals surface area contributed by atoms with Crippen molar-refractivity contribution in [3.8, 4) is 11.3 Å². The molecule has 1 heterocycles. The molecule has 0 fully saturated rings. The van der Waals surface area contributed by atoms with E-state index in [-0.39, 0.29) is 0 Å². The predicted octanol–water partition coefficient (Wildman–Crippen LogP) is 2.77. The fraction of sp³-hybridized carbons (Fsp3) is 0.308. The average Bonchev–Trinajstić information content (AvgIpc) is 2.60. The molecule has 0 saturated carbocycles. The van der Waals surface area contributed by atoms with Crippen LogP contribution in [0.4, 0.5) is 5.82 Å². The number of anilines is 1. The largest absolute Gasteiger partial charge is 0.383 e. The van der Waals surface area contributed by atoms with E-state index in [1.807, 2.05) is 4.57 Å². The summed E-state index contributed by atoms with van der Waals surface area (Å²) in [5.74, 6) is 0.750. The van der Waals surface area contributed by atoms with Crippen molar-refractivity contribution in [2.45, 2.75) is 27.3 Å². The molecule has 2 aromatic rings. The smallest absolute Gasteiger partial charge is 0.131 e. The van der Waals surface area contributed by atoms with Gasteiger partial charge >= 0.3 is 0 Å². The first-order valence-corrected chi connectivity index (χ1v) is 5.52. The van der Waals surface area contributed by atoms with E-state index >= 15 is 0 Å². The van der Waals surface area contributed by atoms with E-state index in [1.165, 1.54) is 11.1 Å². The molecule has 2 rings (SSSR count). The number of aryl methyl sites for hydroxylation is 3. The molecule has 1 aromatic heterocycles. The first-order valence-electron chi connectivity index (χ1n) is 5.52. The molecule has 0 atom stereocenters. The zero-order valence-corrected chi connectivity index (χ0v) is 9.99. The van der Waals surface area contributed by atoms with Crippen molar-refractivity contribution < 1.29 is 0 Å². The molecule has 0 aliphatic carbocycles. The summed E-state index contributed by atoms with van der Waals surface area (Å²) in [5.41, 5.74) is 10.6. The topological polar surface area (TPSA) is 43.8 Å². The second-order valence-corrected chi connectivity index (χ2v) is 4.03. The number of benzene rings is 1. The number of hydrogen-bond acceptors (Lipinski definition) is 2. The standard InChI is InChI=1S/C13H17N3/c1-4-16-8-15-12(13(16)14)11-9(2)6-5-7-10(11)3/h5-8H,4,14H2,1-3H3. The third kappa shape index (κ3) is 1.58. The SMILES string of the molecule is CCn1cnc(-c2c(C)cccc2C)c1N. The van der Waals surface area contributed by atoms with E-state index < -0.39 is 0 Å². The summed E-state index contributed by atoms with van der Waals surface area (Å²) >= 11 is 0. The fourth-order valence-corrected chi connectivity index (χ4v) is 2.02. The van der Waals surface area contributed by atoms with Gasteiger partial charge in [0.2, 0.25) is 0 Å². The molecule has 16 heavy (non-hydrogen) atoms. The Bertz CT molecular complexity index is 492. The van der Waals surface area contributed by atoms with Gasteiger partial charge in [-0.25, -0.2) is 4.98 Å². The first-order chi connectivity index (χ1) is 7.65. The number of imidazole rings is 1. The van der Waals surface area contributed by atoms with Crippen molar-refractivity contribution in [2.24, 2.45) is 0 Å². The highest BCUT2D eigenvalue weighted by Gasteiger charge is 2.13. The van der Waals surface area contributed by atoms with E-state index in [4.69, 9.17) is 5.73 Å². The molecule has 0 unspecified atom stereocenters. The molecule has 0 radical (unpaired) electrons. The molecule has 0 bridgehead atoms. The minimum absolute atomic E-state index is 0.750. The molecule has 0 aliphatic rings. The lowest BCUT2D eigenvalue weighted by Crippen LogP contribution is -2.00. The Hall–Kier alpha value is -1.77. The van der Waals surface area contributed by atoms with E-state index in [0.29, 0.717) is 0 Å². The quantitative estimate of drug-likeness (QED) is 0.837. The Morgan fingerprint density at radius 2 is 1.88 bits per heavy atom. The lowest BCUT2D eigenvalue weighted by Gasteiger charge is -2.08. The minimum atomic E-state index is 0.750. The molecule has 0 saturated heterocycles. The number of aromatic nitrogens is 2. The summed E-state index contributed by atoms with van der Waals surface area (Å²) in [6.07, 6.45) is 1.80. The number of rotatable bonds is 2. The van der Waals surface area contributed by atoms with Gasteiger partial charge in [0.25, 0.3) is 0 Å². The van der Waals surface area contributed by atoms with Gasteiger partial charge in [-0.3, -0.25) is 0 Å². The maximum Gasteiger partial charge on any atom is 0.131 e. The lowest BCUT2D eigenvalue weighted by atomic mass is 10.0. The van der Waals surface area contributed by atoms with Gasteiger partial charge in [0, 0.05) is 12.1 Å². The van der Waals surface area contributed by atoms with Crippen LogP contribution in [-0.2, 0) is 6.54 Å². The molecule has 3 heteroatoms. The predicted molar refractivity (Wildman–Crippen MR) is 67.2 cm³/mol. The number of nitrogens with two attached hydrogens (primary N) is 1. The summed E-state index contributed by atoms with van der Waals surface area (Å²) in [6, 6.07) is 6.24. The van der Waals surface area contributed by atoms with Crippen LogP contribution in [-0.4, -0.2) is 9.55 Å². The Balaban J connectivity index is 2.63. The van der Waals surface area contributed by atoms with E-state index in [1.54, 1.807) is 6.33 Å². The number of nitrogens with zero attached hydrogens (tertiary/aromatic N) is 2. The summed E-state index contributed by atoms with van der Waals surface area (Å²) in [4.78, 5) is 4.42. The van der Waals surface area contributed by atoms with Crippen LogP contribution >= 0.6 is 0 Å². The summed E-state index contributed by atoms with van der Waals surface area (Å²) < 4.78 is 1.96. The van der Waals surface area contributed by atoms with E-state index in [0.717, 1.165) is 23.6 Å². The lowest BCUT2D eigenvalue weighted by molar-refractivity contribution is 0.771. The molecular weight excluding hydrogens is 198 g/mol. The van der Waals surface area contributed by atoms with Crippen molar-refractivity contribution in [1.82, 2.24) is 9.55 Å². The first kappa shape index (κ1) is 10.7. The summed E-state index contributed by atoms with van der Waals surface area (Å²) in [6.45, 7) is 7.09. The highest BCUT2D eigenvalue weighted by Crippen LogP contribution is 2.30. The fourth-order valence-electron chi connectivity index (χ4n) is 2.02. The van der Waals surface area contributed by atoms with Crippen LogP contribution in [0.2, 0.25) is 0 Å². The second-order valence-electron chi connectivity index (χ2n) is 4.03. The van der Waals surface area contributed by atoms with E-state index in [2.05, 4.69) is 44.0 Å². The van der Waals surface area contributed by atoms with Gasteiger partial charge in [-0.2, -0.15) is 0 Å². The Labute approximate surface area is 95.9 Å². The van der Waals surface area contributed by atoms with Gasteiger partial charge in [0.1, 0.15) is 11.5 Å². The average molecular weight is 215 g/mol. The van der Waals surface area contributed by atoms with Crippen LogP contribution < -0.4 is 5.73 Å². The molecule has 1 aromatic carbocycles. The third-order valence-corrected chi connectivity index (χ3v) is 2.94. The van der Waals surface area contributed by atoms with Crippen molar-refractivity contribution in [3.63, 3.8) is 0 Å². The van der Waals surface area contributed by atoms with Crippen molar-refractivity contribution in [1.29, 1.82) is 0 Å². The normalized spacial score (nSPS) is 10.7. The van der Waals surface area contributed by atoms with Crippen molar-refractivity contribution in [3.05, 3.63) is 35.7 Å². The second kappa shape index (κ2) is 4.00. The minimum Gasteiger partial charge on any atom is -0.383 e. The molecule has 84 valence electrons. The molecule has 0 amide bonds. The van der Waals surface area contributed by atoms with Crippen LogP contribution in [0.1, 0.15) is 18.1 Å². The highest BCUT2D eigenvalue weighted by molar-refractivity contribution is 5.75. The summed E-state index contributed by atoms with van der Waals surface area (Å²) in [7, 11) is 0. The van der Waals surface area contributed by atoms with Crippen LogP contribution in [0.5, 0.6) is 0 Å². The highest BCUT2D eigenvalue weighted by atomic mass is 15.1. The molecule has 2 N–H and O–H groups in total. The Kier molecular flexibility index (Phi) is 2.69. The van der Waals surface area contributed by atoms with Crippen molar-refractivity contribution >= 4 is 5.82 Å². The number of nitrogen functional groups attached to an aromatic ring is 1. The van der Waals surface area contributed by atoms with Crippen LogP contribution in [0.25, 0.3) is 11.3 Å². The van der Waals surface area contributed by atoms with Crippen LogP contribution in [0, 0.1) is 13.8 Å². The third-order valence-electron chi connectivity index (χ3n) is 2.94. The van der Waals surface area contributed by atoms with Gasteiger partial charge in [0.05, 0.1) is 6.33 Å². The van der Waals surface area contributed by atoms with E-state index in [9.17, 15) is 0 Å². The Morgan fingerprint density at radius 3 is 2.38 bits per heavy atom. The molecular formula is C13H17N3. The molecule has 0 spiro atoms. The zero-order valence-electron chi connectivity index (χ0n) is 9.99. The zero-order chi connectivity index (χ0) is 11.7. The maximum atomic E-state index is 6.08. The van der Waals surface area contributed by atoms with Gasteiger partial charge in [-0.15, -0.1) is 0 Å². The van der Waals surface area contributed by atoms with Crippen molar-refractivity contribution in [2.75, 3.05) is 5.73 Å². The molecule has 3 nitrogen and oxygen atoms in total. The van der Waals surface area contributed by atoms with Gasteiger partial charge < -0.3 is 10.3 Å². The van der Waals surface area contributed by atoms with Gasteiger partial charge in [-0.05, 0) is 31.9 Å². The maximum absolute atomic E-state index is 6.08. The summed E-state index contributed by atoms with van der Waals surface area (Å²) in [5, 5.41) is 0. The van der Waals surface area contributed by atoms with Crippen LogP contribution in [0.3, 0.4) is 0 Å². The number of hydrogen-bond donors (Lipinski definition) is 1. The Morgan fingerprint density at radius 1 is 1.25 bits per heavy atom. The molecule has 0 aliphatic heterocycles. The van der Waals surface area contributed by atoms with Gasteiger partial charge in [-0.1, -0.05) is 18.2 Å².